The molecule has 118 valence electrons. The lowest BCUT2D eigenvalue weighted by Gasteiger charge is -2.37. The van der Waals surface area contributed by atoms with Gasteiger partial charge in [0.2, 0.25) is 0 Å². The summed E-state index contributed by atoms with van der Waals surface area (Å²) in [7, 11) is 0. The van der Waals surface area contributed by atoms with Crippen molar-refractivity contribution >= 4 is 6.09 Å². The fourth-order valence-corrected chi connectivity index (χ4v) is 2.95. The number of hydrogen-bond donors (Lipinski definition) is 2. The Morgan fingerprint density at radius 1 is 1.15 bits per heavy atom. The van der Waals surface area contributed by atoms with Gasteiger partial charge in [0.05, 0.1) is 0 Å². The van der Waals surface area contributed by atoms with Crippen molar-refractivity contribution in [2.24, 2.45) is 17.1 Å². The summed E-state index contributed by atoms with van der Waals surface area (Å²) in [6.07, 6.45) is 7.34. The van der Waals surface area contributed by atoms with Crippen LogP contribution in [0.15, 0.2) is 0 Å². The van der Waals surface area contributed by atoms with E-state index in [-0.39, 0.29) is 11.5 Å². The Morgan fingerprint density at radius 3 is 2.15 bits per heavy atom. The molecule has 4 nitrogen and oxygen atoms in total. The van der Waals surface area contributed by atoms with Crippen LogP contribution >= 0.6 is 0 Å². The lowest BCUT2D eigenvalue weighted by molar-refractivity contribution is 0.0479. The van der Waals surface area contributed by atoms with Gasteiger partial charge in [0, 0.05) is 12.0 Å². The molecule has 0 radical (unpaired) electrons. The Kier molecular flexibility index (Phi) is 6.31. The first kappa shape index (κ1) is 17.3. The molecular weight excluding hydrogens is 252 g/mol. The number of alkyl carbamates (subject to hydrolysis) is 1. The van der Waals surface area contributed by atoms with E-state index in [1.807, 2.05) is 20.8 Å². The van der Waals surface area contributed by atoms with Gasteiger partial charge >= 0.3 is 6.09 Å². The molecule has 1 saturated carbocycles. The molecule has 0 bridgehead atoms. The van der Waals surface area contributed by atoms with Gasteiger partial charge in [0.15, 0.2) is 0 Å². The van der Waals surface area contributed by atoms with Crippen LogP contribution in [0.5, 0.6) is 0 Å². The molecule has 0 aliphatic heterocycles. The highest BCUT2D eigenvalue weighted by atomic mass is 16.6. The van der Waals surface area contributed by atoms with Gasteiger partial charge in [-0.3, -0.25) is 0 Å². The summed E-state index contributed by atoms with van der Waals surface area (Å²) in [4.78, 5) is 11.8. The molecule has 1 fully saturated rings. The summed E-state index contributed by atoms with van der Waals surface area (Å²) in [5, 5.41) is 2.91. The van der Waals surface area contributed by atoms with E-state index >= 15 is 0 Å². The Bertz CT molecular complexity index is 304. The largest absolute Gasteiger partial charge is 0.444 e. The predicted molar refractivity (Wildman–Crippen MR) is 82.6 cm³/mol. The van der Waals surface area contributed by atoms with E-state index < -0.39 is 5.60 Å². The number of hydrogen-bond acceptors (Lipinski definition) is 3. The van der Waals surface area contributed by atoms with Crippen LogP contribution in [0.2, 0.25) is 0 Å². The predicted octanol–water partition coefficient (Wildman–Crippen LogP) is 3.45. The van der Waals surface area contributed by atoms with Crippen molar-refractivity contribution in [3.8, 4) is 0 Å². The first-order chi connectivity index (χ1) is 9.27. The monoisotopic (exact) mass is 284 g/mol. The maximum absolute atomic E-state index is 11.8. The zero-order valence-corrected chi connectivity index (χ0v) is 13.6. The SMILES string of the molecule is CC(C)(C)OC(=O)NCC(C)(CN)C1CCCCCC1. The number of nitrogens with two attached hydrogens (primary N) is 1. The first-order valence-electron chi connectivity index (χ1n) is 7.94. The summed E-state index contributed by atoms with van der Waals surface area (Å²) in [6, 6.07) is 0. The molecule has 0 aromatic carbocycles. The minimum atomic E-state index is -0.453. The van der Waals surface area contributed by atoms with Crippen LogP contribution in [0.3, 0.4) is 0 Å². The minimum absolute atomic E-state index is 0.0265. The number of nitrogens with one attached hydrogen (secondary N) is 1. The van der Waals surface area contributed by atoms with Crippen LogP contribution in [0.1, 0.15) is 66.2 Å². The van der Waals surface area contributed by atoms with Crippen molar-refractivity contribution in [2.75, 3.05) is 13.1 Å². The third-order valence-corrected chi connectivity index (χ3v) is 4.34. The molecule has 1 atom stereocenters. The average Bonchev–Trinajstić information content (AvgIpc) is 2.63. The standard InChI is InChI=1S/C16H32N2O2/c1-15(2,3)20-14(19)18-12-16(4,11-17)13-9-7-5-6-8-10-13/h13H,5-12,17H2,1-4H3,(H,18,19). The quantitative estimate of drug-likeness (QED) is 0.777. The Hall–Kier alpha value is -0.770. The molecule has 3 N–H and O–H groups in total. The molecule has 0 saturated heterocycles. The molecule has 1 aliphatic carbocycles. The van der Waals surface area contributed by atoms with E-state index in [1.165, 1.54) is 38.5 Å². The third-order valence-electron chi connectivity index (χ3n) is 4.34. The lowest BCUT2D eigenvalue weighted by atomic mass is 9.73. The van der Waals surface area contributed by atoms with Crippen molar-refractivity contribution in [1.29, 1.82) is 0 Å². The Labute approximate surface area is 123 Å². The van der Waals surface area contributed by atoms with E-state index in [2.05, 4.69) is 12.2 Å². The van der Waals surface area contributed by atoms with Crippen molar-refractivity contribution in [3.05, 3.63) is 0 Å². The molecular formula is C16H32N2O2. The maximum atomic E-state index is 11.8. The minimum Gasteiger partial charge on any atom is -0.444 e. The Morgan fingerprint density at radius 2 is 1.70 bits per heavy atom. The van der Waals surface area contributed by atoms with Gasteiger partial charge in [-0.1, -0.05) is 32.6 Å². The van der Waals surface area contributed by atoms with E-state index in [9.17, 15) is 4.79 Å². The fourth-order valence-electron chi connectivity index (χ4n) is 2.95. The van der Waals surface area contributed by atoms with Crippen LogP contribution in [-0.4, -0.2) is 24.8 Å². The summed E-state index contributed by atoms with van der Waals surface area (Å²) in [5.74, 6) is 0.602. The number of carbonyl (C=O) groups excluding carboxylic acids is 1. The number of rotatable bonds is 4. The van der Waals surface area contributed by atoms with Crippen LogP contribution < -0.4 is 11.1 Å². The summed E-state index contributed by atoms with van der Waals surface area (Å²) in [5.41, 5.74) is 5.53. The summed E-state index contributed by atoms with van der Waals surface area (Å²) >= 11 is 0. The van der Waals surface area contributed by atoms with Crippen LogP contribution in [0.25, 0.3) is 0 Å². The van der Waals surface area contributed by atoms with Crippen molar-refractivity contribution in [1.82, 2.24) is 5.32 Å². The van der Waals surface area contributed by atoms with Gasteiger partial charge in [-0.25, -0.2) is 4.79 Å². The highest BCUT2D eigenvalue weighted by molar-refractivity contribution is 5.67. The molecule has 0 aromatic rings. The van der Waals surface area contributed by atoms with E-state index in [0.29, 0.717) is 19.0 Å². The second kappa shape index (κ2) is 7.30. The van der Waals surface area contributed by atoms with Gasteiger partial charge in [0.1, 0.15) is 5.60 Å². The second-order valence-electron chi connectivity index (χ2n) is 7.40. The topological polar surface area (TPSA) is 64.3 Å². The van der Waals surface area contributed by atoms with Crippen molar-refractivity contribution in [3.63, 3.8) is 0 Å². The van der Waals surface area contributed by atoms with Crippen LogP contribution in [-0.2, 0) is 4.74 Å². The van der Waals surface area contributed by atoms with E-state index in [4.69, 9.17) is 10.5 Å². The third kappa shape index (κ3) is 5.70. The van der Waals surface area contributed by atoms with Crippen LogP contribution in [0.4, 0.5) is 4.79 Å². The zero-order valence-electron chi connectivity index (χ0n) is 13.6. The van der Waals surface area contributed by atoms with Gasteiger partial charge in [-0.05, 0) is 46.1 Å². The molecule has 1 unspecified atom stereocenters. The van der Waals surface area contributed by atoms with E-state index in [0.717, 1.165) is 0 Å². The van der Waals surface area contributed by atoms with Gasteiger partial charge < -0.3 is 15.8 Å². The molecule has 1 rings (SSSR count). The highest BCUT2D eigenvalue weighted by Gasteiger charge is 2.33. The molecule has 1 aliphatic rings. The molecule has 0 aromatic heterocycles. The Balaban J connectivity index is 2.53. The second-order valence-corrected chi connectivity index (χ2v) is 7.40. The molecule has 0 heterocycles. The van der Waals surface area contributed by atoms with Gasteiger partial charge in [-0.2, -0.15) is 0 Å². The summed E-state index contributed by atoms with van der Waals surface area (Å²) < 4.78 is 5.30. The van der Waals surface area contributed by atoms with Crippen LogP contribution in [0, 0.1) is 11.3 Å². The smallest absolute Gasteiger partial charge is 0.407 e. The maximum Gasteiger partial charge on any atom is 0.407 e. The number of ether oxygens (including phenoxy) is 1. The summed E-state index contributed by atoms with van der Waals surface area (Å²) in [6.45, 7) is 9.02. The lowest BCUT2D eigenvalue weighted by Crippen LogP contribution is -2.46. The first-order valence-corrected chi connectivity index (χ1v) is 7.94. The number of amides is 1. The van der Waals surface area contributed by atoms with Crippen molar-refractivity contribution < 1.29 is 9.53 Å². The average molecular weight is 284 g/mol. The highest BCUT2D eigenvalue weighted by Crippen LogP contribution is 2.36. The molecule has 1 amide bonds. The van der Waals surface area contributed by atoms with E-state index in [1.54, 1.807) is 0 Å². The number of carbonyl (C=O) groups is 1. The van der Waals surface area contributed by atoms with Gasteiger partial charge in [-0.15, -0.1) is 0 Å². The van der Waals surface area contributed by atoms with Gasteiger partial charge in [0.25, 0.3) is 0 Å². The van der Waals surface area contributed by atoms with Crippen molar-refractivity contribution in [2.45, 2.75) is 71.8 Å². The fraction of sp³-hybridized carbons (Fsp3) is 0.938. The zero-order chi connectivity index (χ0) is 15.2. The normalized spacial score (nSPS) is 20.9. The molecule has 0 spiro atoms. The molecule has 4 heteroatoms. The molecule has 20 heavy (non-hydrogen) atoms.